The van der Waals surface area contributed by atoms with Crippen LogP contribution in [0.3, 0.4) is 0 Å². The van der Waals surface area contributed by atoms with Gasteiger partial charge in [0, 0.05) is 19.5 Å². The summed E-state index contributed by atoms with van der Waals surface area (Å²) in [6.07, 6.45) is 3.43. The molecule has 0 aliphatic carbocycles. The zero-order chi connectivity index (χ0) is 13.4. The number of carbonyl (C=O) groups excluding carboxylic acids is 2. The molecule has 1 atom stereocenters. The van der Waals surface area contributed by atoms with E-state index >= 15 is 0 Å². The van der Waals surface area contributed by atoms with E-state index in [1.165, 1.54) is 11.3 Å². The van der Waals surface area contributed by atoms with Gasteiger partial charge in [0.1, 0.15) is 11.0 Å². The summed E-state index contributed by atoms with van der Waals surface area (Å²) in [5, 5.41) is 0. The summed E-state index contributed by atoms with van der Waals surface area (Å²) in [5.74, 6) is 0.221. The van der Waals surface area contributed by atoms with Crippen LogP contribution < -0.4 is 0 Å². The molecule has 19 heavy (non-hydrogen) atoms. The van der Waals surface area contributed by atoms with Crippen molar-refractivity contribution in [2.24, 2.45) is 0 Å². The van der Waals surface area contributed by atoms with Gasteiger partial charge in [0.2, 0.25) is 5.91 Å². The number of amides is 2. The van der Waals surface area contributed by atoms with E-state index in [0.717, 1.165) is 31.5 Å². The molecule has 2 aliphatic rings. The molecule has 2 amide bonds. The lowest BCUT2D eigenvalue weighted by Gasteiger charge is -2.46. The average molecular weight is 279 g/mol. The molecule has 5 nitrogen and oxygen atoms in total. The molecule has 3 rings (SSSR count). The number of thiazole rings is 1. The van der Waals surface area contributed by atoms with Crippen LogP contribution >= 0.6 is 11.3 Å². The largest absolute Gasteiger partial charge is 0.322 e. The second-order valence-electron chi connectivity index (χ2n) is 5.08. The molecule has 0 saturated carbocycles. The fourth-order valence-electron chi connectivity index (χ4n) is 2.91. The third kappa shape index (κ3) is 2.14. The molecule has 1 unspecified atom stereocenters. The summed E-state index contributed by atoms with van der Waals surface area (Å²) in [6.45, 7) is 3.18. The molecule has 0 aromatic carbocycles. The predicted octanol–water partition coefficient (Wildman–Crippen LogP) is 1.64. The van der Waals surface area contributed by atoms with Gasteiger partial charge in [-0.25, -0.2) is 4.98 Å². The minimum Gasteiger partial charge on any atom is -0.322 e. The Kier molecular flexibility index (Phi) is 3.26. The normalized spacial score (nSPS) is 23.4. The van der Waals surface area contributed by atoms with E-state index in [4.69, 9.17) is 0 Å². The van der Waals surface area contributed by atoms with Crippen molar-refractivity contribution < 1.29 is 9.59 Å². The molecule has 2 aliphatic heterocycles. The monoisotopic (exact) mass is 279 g/mol. The number of carbonyl (C=O) groups is 2. The molecule has 2 fully saturated rings. The molecule has 102 valence electrons. The minimum atomic E-state index is -0.0380. The first-order valence-electron chi connectivity index (χ1n) is 6.69. The van der Waals surface area contributed by atoms with Crippen molar-refractivity contribution in [3.05, 3.63) is 16.1 Å². The summed E-state index contributed by atoms with van der Waals surface area (Å²) >= 11 is 1.39. The second kappa shape index (κ2) is 4.92. The molecule has 0 bridgehead atoms. The van der Waals surface area contributed by atoms with Crippen LogP contribution in [0.5, 0.6) is 0 Å². The van der Waals surface area contributed by atoms with Crippen LogP contribution in [0.1, 0.15) is 41.0 Å². The van der Waals surface area contributed by atoms with E-state index in [2.05, 4.69) is 4.98 Å². The molecule has 3 heterocycles. The van der Waals surface area contributed by atoms with Crippen molar-refractivity contribution >= 4 is 23.2 Å². The van der Waals surface area contributed by atoms with Gasteiger partial charge in [0.15, 0.2) is 0 Å². The Balaban J connectivity index is 1.86. The Morgan fingerprint density at radius 3 is 3.00 bits per heavy atom. The highest BCUT2D eigenvalue weighted by Crippen LogP contribution is 2.28. The van der Waals surface area contributed by atoms with Gasteiger partial charge >= 0.3 is 0 Å². The lowest BCUT2D eigenvalue weighted by molar-refractivity contribution is -0.144. The second-order valence-corrected chi connectivity index (χ2v) is 5.93. The van der Waals surface area contributed by atoms with E-state index in [0.29, 0.717) is 17.8 Å². The molecule has 6 heteroatoms. The molecule has 1 aromatic heterocycles. The summed E-state index contributed by atoms with van der Waals surface area (Å²) < 4.78 is 0. The highest BCUT2D eigenvalue weighted by atomic mass is 32.1. The first-order chi connectivity index (χ1) is 9.18. The number of nitrogens with zero attached hydrogens (tertiary/aromatic N) is 3. The minimum absolute atomic E-state index is 0.0319. The lowest BCUT2D eigenvalue weighted by Crippen LogP contribution is -2.59. The molecular formula is C13H17N3O2S. The molecule has 0 radical (unpaired) electrons. The number of hydrogen-bond donors (Lipinski definition) is 0. The van der Waals surface area contributed by atoms with Crippen LogP contribution in [0, 0.1) is 6.92 Å². The van der Waals surface area contributed by atoms with Crippen LogP contribution in [-0.2, 0) is 4.79 Å². The highest BCUT2D eigenvalue weighted by Gasteiger charge is 2.38. The van der Waals surface area contributed by atoms with Crippen molar-refractivity contribution in [3.8, 4) is 0 Å². The van der Waals surface area contributed by atoms with Crippen LogP contribution in [0.2, 0.25) is 0 Å². The summed E-state index contributed by atoms with van der Waals surface area (Å²) in [6, 6.07) is 0. The average Bonchev–Trinajstić information content (AvgIpc) is 2.85. The maximum atomic E-state index is 12.6. The molecule has 0 N–H and O–H groups in total. The Labute approximate surface area is 116 Å². The Bertz CT molecular complexity index is 514. The van der Waals surface area contributed by atoms with Gasteiger partial charge in [-0.3, -0.25) is 9.59 Å². The number of hydrogen-bond acceptors (Lipinski definition) is 4. The lowest BCUT2D eigenvalue weighted by atomic mass is 10.0. The number of aryl methyl sites for hydroxylation is 1. The maximum absolute atomic E-state index is 12.6. The third-order valence-corrected chi connectivity index (χ3v) is 4.83. The summed E-state index contributed by atoms with van der Waals surface area (Å²) in [4.78, 5) is 33.1. The van der Waals surface area contributed by atoms with Gasteiger partial charge < -0.3 is 9.80 Å². The van der Waals surface area contributed by atoms with Crippen molar-refractivity contribution in [3.63, 3.8) is 0 Å². The first kappa shape index (κ1) is 12.6. The van der Waals surface area contributed by atoms with Gasteiger partial charge in [0.25, 0.3) is 5.91 Å². The summed E-state index contributed by atoms with van der Waals surface area (Å²) in [7, 11) is 0. The van der Waals surface area contributed by atoms with E-state index in [-0.39, 0.29) is 18.0 Å². The summed E-state index contributed by atoms with van der Waals surface area (Å²) in [5.41, 5.74) is 2.49. The number of piperidine rings is 1. The van der Waals surface area contributed by atoms with Gasteiger partial charge in [-0.1, -0.05) is 0 Å². The van der Waals surface area contributed by atoms with Crippen molar-refractivity contribution in [2.75, 3.05) is 13.1 Å². The molecule has 1 aromatic rings. The van der Waals surface area contributed by atoms with Crippen molar-refractivity contribution in [1.82, 2.24) is 14.8 Å². The third-order valence-electron chi connectivity index (χ3n) is 3.92. The van der Waals surface area contributed by atoms with Gasteiger partial charge in [0.05, 0.1) is 11.2 Å². The number of rotatable bonds is 1. The standard InChI is InChI=1S/C13H17N3O2S/c1-9-12(19-8-14-9)13(18)16-7-5-11(17)15-6-3-2-4-10(15)16/h8,10H,2-7H2,1H3. The van der Waals surface area contributed by atoms with Gasteiger partial charge in [-0.05, 0) is 26.2 Å². The van der Waals surface area contributed by atoms with Gasteiger partial charge in [-0.2, -0.15) is 0 Å². The smallest absolute Gasteiger partial charge is 0.267 e. The fraction of sp³-hybridized carbons (Fsp3) is 0.615. The highest BCUT2D eigenvalue weighted by molar-refractivity contribution is 7.11. The van der Waals surface area contributed by atoms with Crippen LogP contribution in [-0.4, -0.2) is 45.9 Å². The Hall–Kier alpha value is -1.43. The van der Waals surface area contributed by atoms with Crippen molar-refractivity contribution in [2.45, 2.75) is 38.8 Å². The SMILES string of the molecule is Cc1ncsc1C(=O)N1CCC(=O)N2CCCCC21. The van der Waals surface area contributed by atoms with Gasteiger partial charge in [-0.15, -0.1) is 11.3 Å². The van der Waals surface area contributed by atoms with E-state index in [1.807, 2.05) is 16.7 Å². The topological polar surface area (TPSA) is 53.5 Å². The van der Waals surface area contributed by atoms with Crippen molar-refractivity contribution in [1.29, 1.82) is 0 Å². The first-order valence-corrected chi connectivity index (χ1v) is 7.57. The van der Waals surface area contributed by atoms with Crippen LogP contribution in [0.4, 0.5) is 0 Å². The maximum Gasteiger partial charge on any atom is 0.267 e. The van der Waals surface area contributed by atoms with E-state index < -0.39 is 0 Å². The fourth-order valence-corrected chi connectivity index (χ4v) is 3.67. The Morgan fingerprint density at radius 1 is 1.42 bits per heavy atom. The zero-order valence-corrected chi connectivity index (χ0v) is 11.8. The number of fused-ring (bicyclic) bond motifs is 1. The molecule has 0 spiro atoms. The quantitative estimate of drug-likeness (QED) is 0.785. The zero-order valence-electron chi connectivity index (χ0n) is 11.0. The molecular weight excluding hydrogens is 262 g/mol. The van der Waals surface area contributed by atoms with E-state index in [1.54, 1.807) is 5.51 Å². The van der Waals surface area contributed by atoms with Crippen LogP contribution in [0.25, 0.3) is 0 Å². The predicted molar refractivity (Wildman–Crippen MR) is 71.9 cm³/mol. The van der Waals surface area contributed by atoms with Crippen LogP contribution in [0.15, 0.2) is 5.51 Å². The number of aromatic nitrogens is 1. The van der Waals surface area contributed by atoms with E-state index in [9.17, 15) is 9.59 Å². The Morgan fingerprint density at radius 2 is 2.26 bits per heavy atom. The molecule has 2 saturated heterocycles.